The Balaban J connectivity index is 2.18. The van der Waals surface area contributed by atoms with Gasteiger partial charge in [-0.15, -0.1) is 0 Å². The van der Waals surface area contributed by atoms with E-state index in [4.69, 9.17) is 9.47 Å². The Morgan fingerprint density at radius 1 is 1.44 bits per heavy atom. The standard InChI is InChI=1S/C14H14O4/c1-14-6-10(15)4-8-3-9(13(16)17-2)5-11(12(8)14)18-7-14/h3,5H,4,6-7H2,1-2H3/t14-/m0/s1. The SMILES string of the molecule is COC(=O)c1cc2c3c(c1)OC[C@]3(C)CC(=O)C2. The molecule has 0 N–H and O–H groups in total. The van der Waals surface area contributed by atoms with Crippen LogP contribution in [0.1, 0.15) is 34.8 Å². The van der Waals surface area contributed by atoms with Gasteiger partial charge in [0.05, 0.1) is 19.3 Å². The van der Waals surface area contributed by atoms with Gasteiger partial charge in [-0.3, -0.25) is 4.79 Å². The summed E-state index contributed by atoms with van der Waals surface area (Å²) in [6, 6.07) is 3.47. The normalized spacial score (nSPS) is 24.4. The number of ether oxygens (including phenoxy) is 2. The number of benzene rings is 1. The van der Waals surface area contributed by atoms with Crippen molar-refractivity contribution in [2.75, 3.05) is 13.7 Å². The van der Waals surface area contributed by atoms with Crippen molar-refractivity contribution in [3.8, 4) is 5.75 Å². The van der Waals surface area contributed by atoms with Crippen LogP contribution in [0.25, 0.3) is 0 Å². The van der Waals surface area contributed by atoms with E-state index < -0.39 is 5.97 Å². The summed E-state index contributed by atoms with van der Waals surface area (Å²) in [6.45, 7) is 2.54. The van der Waals surface area contributed by atoms with Crippen LogP contribution in [0.15, 0.2) is 12.1 Å². The number of ketones is 1. The lowest BCUT2D eigenvalue weighted by Gasteiger charge is -2.28. The molecule has 0 spiro atoms. The second-order valence-electron chi connectivity index (χ2n) is 5.24. The second-order valence-corrected chi connectivity index (χ2v) is 5.24. The highest BCUT2D eigenvalue weighted by molar-refractivity contribution is 5.92. The van der Waals surface area contributed by atoms with Gasteiger partial charge >= 0.3 is 5.97 Å². The molecule has 1 aromatic carbocycles. The monoisotopic (exact) mass is 246 g/mol. The Hall–Kier alpha value is -1.84. The van der Waals surface area contributed by atoms with Crippen LogP contribution in [0.5, 0.6) is 5.75 Å². The predicted molar refractivity (Wildman–Crippen MR) is 64.0 cm³/mol. The zero-order chi connectivity index (χ0) is 12.9. The zero-order valence-corrected chi connectivity index (χ0v) is 10.4. The average Bonchev–Trinajstić information content (AvgIpc) is 2.66. The van der Waals surface area contributed by atoms with E-state index >= 15 is 0 Å². The molecule has 1 atom stereocenters. The number of hydrogen-bond donors (Lipinski definition) is 0. The molecule has 4 heteroatoms. The van der Waals surface area contributed by atoms with Crippen molar-refractivity contribution >= 4 is 11.8 Å². The molecular formula is C14H14O4. The lowest BCUT2D eigenvalue weighted by Crippen LogP contribution is -2.33. The van der Waals surface area contributed by atoms with Crippen LogP contribution in [0.2, 0.25) is 0 Å². The van der Waals surface area contributed by atoms with Gasteiger partial charge in [-0.25, -0.2) is 4.79 Å². The minimum absolute atomic E-state index is 0.198. The van der Waals surface area contributed by atoms with Gasteiger partial charge in [-0.1, -0.05) is 6.92 Å². The molecule has 0 unspecified atom stereocenters. The fraction of sp³-hybridized carbons (Fsp3) is 0.429. The molecule has 0 aromatic heterocycles. The van der Waals surface area contributed by atoms with Gasteiger partial charge in [0.15, 0.2) is 0 Å². The Kier molecular flexibility index (Phi) is 2.24. The van der Waals surface area contributed by atoms with Crippen LogP contribution in [0, 0.1) is 0 Å². The minimum atomic E-state index is -0.399. The molecule has 4 nitrogen and oxygen atoms in total. The highest BCUT2D eigenvalue weighted by atomic mass is 16.5. The van der Waals surface area contributed by atoms with E-state index in [1.54, 1.807) is 12.1 Å². The number of carbonyl (C=O) groups is 2. The van der Waals surface area contributed by atoms with Crippen LogP contribution in [-0.2, 0) is 21.4 Å². The molecule has 0 amide bonds. The number of esters is 1. The third-order valence-corrected chi connectivity index (χ3v) is 3.73. The zero-order valence-electron chi connectivity index (χ0n) is 10.4. The maximum atomic E-state index is 11.8. The quantitative estimate of drug-likeness (QED) is 0.707. The van der Waals surface area contributed by atoms with E-state index in [-0.39, 0.29) is 11.2 Å². The second kappa shape index (κ2) is 3.57. The van der Waals surface area contributed by atoms with E-state index in [0.717, 1.165) is 16.9 Å². The maximum absolute atomic E-state index is 11.8. The molecule has 0 bridgehead atoms. The largest absolute Gasteiger partial charge is 0.492 e. The molecule has 18 heavy (non-hydrogen) atoms. The third kappa shape index (κ3) is 1.45. The summed E-state index contributed by atoms with van der Waals surface area (Å²) >= 11 is 0. The molecule has 94 valence electrons. The average molecular weight is 246 g/mol. The van der Waals surface area contributed by atoms with Gasteiger partial charge in [-0.05, 0) is 17.7 Å². The topological polar surface area (TPSA) is 52.6 Å². The van der Waals surface area contributed by atoms with Crippen LogP contribution in [0.4, 0.5) is 0 Å². The number of rotatable bonds is 1. The van der Waals surface area contributed by atoms with Gasteiger partial charge in [0.2, 0.25) is 0 Å². The first-order valence-electron chi connectivity index (χ1n) is 5.94. The molecule has 3 rings (SSSR count). The molecule has 1 aliphatic heterocycles. The molecule has 1 aliphatic carbocycles. The van der Waals surface area contributed by atoms with Gasteiger partial charge in [0, 0.05) is 23.8 Å². The van der Waals surface area contributed by atoms with E-state index in [1.807, 2.05) is 6.92 Å². The number of methoxy groups -OCH3 is 1. The summed E-state index contributed by atoms with van der Waals surface area (Å²) in [4.78, 5) is 23.4. The highest BCUT2D eigenvalue weighted by Crippen LogP contribution is 2.46. The first kappa shape index (κ1) is 11.3. The first-order chi connectivity index (χ1) is 8.53. The van der Waals surface area contributed by atoms with Crippen LogP contribution < -0.4 is 4.74 Å². The van der Waals surface area contributed by atoms with E-state index in [2.05, 4.69) is 0 Å². The van der Waals surface area contributed by atoms with Crippen molar-refractivity contribution in [2.45, 2.75) is 25.2 Å². The van der Waals surface area contributed by atoms with E-state index in [1.165, 1.54) is 7.11 Å². The summed E-state index contributed by atoms with van der Waals surface area (Å²) in [5, 5.41) is 0. The summed E-state index contributed by atoms with van der Waals surface area (Å²) in [5.41, 5.74) is 2.22. The summed E-state index contributed by atoms with van der Waals surface area (Å²) in [5.74, 6) is 0.524. The fourth-order valence-corrected chi connectivity index (χ4v) is 3.01. The Labute approximate surface area is 105 Å². The Bertz CT molecular complexity index is 561. The smallest absolute Gasteiger partial charge is 0.337 e. The van der Waals surface area contributed by atoms with Crippen molar-refractivity contribution in [3.05, 3.63) is 28.8 Å². The van der Waals surface area contributed by atoms with Crippen molar-refractivity contribution in [3.63, 3.8) is 0 Å². The Morgan fingerprint density at radius 2 is 2.22 bits per heavy atom. The van der Waals surface area contributed by atoms with Crippen LogP contribution in [-0.4, -0.2) is 25.5 Å². The number of carbonyl (C=O) groups excluding carboxylic acids is 2. The lowest BCUT2D eigenvalue weighted by atomic mass is 9.72. The van der Waals surface area contributed by atoms with Crippen molar-refractivity contribution in [1.29, 1.82) is 0 Å². The van der Waals surface area contributed by atoms with Gasteiger partial charge in [-0.2, -0.15) is 0 Å². The minimum Gasteiger partial charge on any atom is -0.492 e. The summed E-state index contributed by atoms with van der Waals surface area (Å²) in [7, 11) is 1.34. The van der Waals surface area contributed by atoms with E-state index in [9.17, 15) is 9.59 Å². The third-order valence-electron chi connectivity index (χ3n) is 3.73. The molecule has 1 heterocycles. The predicted octanol–water partition coefficient (Wildman–Crippen LogP) is 1.64. The molecule has 2 aliphatic rings. The van der Waals surface area contributed by atoms with Crippen LogP contribution in [0.3, 0.4) is 0 Å². The fourth-order valence-electron chi connectivity index (χ4n) is 3.01. The van der Waals surface area contributed by atoms with Gasteiger partial charge in [0.25, 0.3) is 0 Å². The first-order valence-corrected chi connectivity index (χ1v) is 5.94. The van der Waals surface area contributed by atoms with Crippen LogP contribution >= 0.6 is 0 Å². The number of hydrogen-bond acceptors (Lipinski definition) is 4. The van der Waals surface area contributed by atoms with Gasteiger partial charge < -0.3 is 9.47 Å². The molecular weight excluding hydrogens is 232 g/mol. The molecule has 1 aromatic rings. The molecule has 0 saturated carbocycles. The number of Topliss-reactive ketones (excluding diaryl/α,β-unsaturated/α-hetero) is 1. The van der Waals surface area contributed by atoms with E-state index in [0.29, 0.717) is 25.0 Å². The van der Waals surface area contributed by atoms with Crippen molar-refractivity contribution < 1.29 is 19.1 Å². The summed E-state index contributed by atoms with van der Waals surface area (Å²) < 4.78 is 10.4. The maximum Gasteiger partial charge on any atom is 0.337 e. The molecule has 0 fully saturated rings. The molecule has 0 radical (unpaired) electrons. The summed E-state index contributed by atoms with van der Waals surface area (Å²) in [6.07, 6.45) is 0.899. The Morgan fingerprint density at radius 3 is 2.94 bits per heavy atom. The molecule has 0 saturated heterocycles. The van der Waals surface area contributed by atoms with Crippen molar-refractivity contribution in [2.24, 2.45) is 0 Å². The lowest BCUT2D eigenvalue weighted by molar-refractivity contribution is -0.120. The van der Waals surface area contributed by atoms with Gasteiger partial charge in [0.1, 0.15) is 11.5 Å². The van der Waals surface area contributed by atoms with Crippen molar-refractivity contribution in [1.82, 2.24) is 0 Å². The highest BCUT2D eigenvalue weighted by Gasteiger charge is 2.43.